The number of amides is 1. The van der Waals surface area contributed by atoms with Crippen molar-refractivity contribution in [2.45, 2.75) is 4.90 Å². The number of halogens is 1. The van der Waals surface area contributed by atoms with Gasteiger partial charge >= 0.3 is 0 Å². The molecule has 0 bridgehead atoms. The van der Waals surface area contributed by atoms with Crippen LogP contribution in [0.2, 0.25) is 5.02 Å². The number of hydrogen-bond donors (Lipinski definition) is 2. The number of carbonyl (C=O) groups is 1. The molecule has 150 valence electrons. The van der Waals surface area contributed by atoms with Crippen molar-refractivity contribution >= 4 is 44.7 Å². The Bertz CT molecular complexity index is 1090. The van der Waals surface area contributed by atoms with Crippen molar-refractivity contribution in [1.82, 2.24) is 4.98 Å². The summed E-state index contributed by atoms with van der Waals surface area (Å²) in [5.41, 5.74) is 1.06. The summed E-state index contributed by atoms with van der Waals surface area (Å²) in [5, 5.41) is 6.02. The molecule has 7 nitrogen and oxygen atoms in total. The van der Waals surface area contributed by atoms with E-state index < -0.39 is 10.0 Å². The molecule has 1 aromatic heterocycles. The van der Waals surface area contributed by atoms with E-state index in [-0.39, 0.29) is 17.3 Å². The molecule has 0 atom stereocenters. The maximum absolute atomic E-state index is 12.9. The minimum absolute atomic E-state index is 0.0532. The Balaban J connectivity index is 1.67. The third-order valence-corrected chi connectivity index (χ3v) is 6.07. The molecule has 2 N–H and O–H groups in total. The van der Waals surface area contributed by atoms with E-state index in [1.54, 1.807) is 48.5 Å². The molecule has 2 aromatic carbocycles. The molecule has 0 saturated heterocycles. The number of rotatable bonds is 7. The number of para-hydroxylation sites is 1. The van der Waals surface area contributed by atoms with Crippen LogP contribution in [0.4, 0.5) is 17.2 Å². The molecule has 1 heterocycles. The van der Waals surface area contributed by atoms with Crippen molar-refractivity contribution in [3.8, 4) is 0 Å². The number of nitrogens with zero attached hydrogens (tertiary/aromatic N) is 2. The van der Waals surface area contributed by atoms with Crippen LogP contribution in [0, 0.1) is 0 Å². The zero-order valence-electron chi connectivity index (χ0n) is 15.5. The third-order valence-electron chi connectivity index (χ3n) is 4.06. The lowest BCUT2D eigenvalue weighted by Crippen LogP contribution is -2.26. The minimum Gasteiger partial charge on any atom is -0.376 e. The first kappa shape index (κ1) is 20.6. The average molecular weight is 431 g/mol. The third kappa shape index (κ3) is 5.24. The summed E-state index contributed by atoms with van der Waals surface area (Å²) in [7, 11) is -2.24. The molecule has 3 aromatic rings. The molecule has 9 heteroatoms. The summed E-state index contributed by atoms with van der Waals surface area (Å²) < 4.78 is 27.0. The van der Waals surface area contributed by atoms with E-state index in [1.807, 2.05) is 6.07 Å². The Morgan fingerprint density at radius 2 is 1.83 bits per heavy atom. The Labute approximate surface area is 174 Å². The number of sulfonamides is 1. The second-order valence-corrected chi connectivity index (χ2v) is 8.50. The maximum Gasteiger partial charge on any atom is 0.264 e. The number of pyridine rings is 1. The van der Waals surface area contributed by atoms with Gasteiger partial charge in [-0.2, -0.15) is 0 Å². The van der Waals surface area contributed by atoms with Gasteiger partial charge in [0.05, 0.1) is 22.2 Å². The molecule has 0 aliphatic heterocycles. The highest BCUT2D eigenvalue weighted by atomic mass is 35.5. The molecule has 29 heavy (non-hydrogen) atoms. The summed E-state index contributed by atoms with van der Waals surface area (Å²) in [5.74, 6) is 0.0523. The molecular formula is C20H19ClN4O3S. The number of carbonyl (C=O) groups excluding carboxylic acids is 1. The Kier molecular flexibility index (Phi) is 6.36. The SMILES string of the molecule is CN(c1ccccc1)S(=O)(=O)c1cccc(NCC(=O)Nc2ccc(Cl)cn2)c1. The van der Waals surface area contributed by atoms with Crippen LogP contribution in [0.1, 0.15) is 0 Å². The van der Waals surface area contributed by atoms with Crippen molar-refractivity contribution in [1.29, 1.82) is 0 Å². The Hall–Kier alpha value is -3.10. The second-order valence-electron chi connectivity index (χ2n) is 6.10. The highest BCUT2D eigenvalue weighted by Gasteiger charge is 2.21. The molecule has 0 radical (unpaired) electrons. The molecule has 0 saturated carbocycles. The van der Waals surface area contributed by atoms with Gasteiger partial charge in [0.25, 0.3) is 10.0 Å². The monoisotopic (exact) mass is 430 g/mol. The maximum atomic E-state index is 12.9. The molecule has 0 fully saturated rings. The zero-order valence-corrected chi connectivity index (χ0v) is 17.1. The molecule has 3 rings (SSSR count). The Morgan fingerprint density at radius 1 is 1.07 bits per heavy atom. The quantitative estimate of drug-likeness (QED) is 0.597. The van der Waals surface area contributed by atoms with E-state index >= 15 is 0 Å². The van der Waals surface area contributed by atoms with E-state index in [2.05, 4.69) is 15.6 Å². The van der Waals surface area contributed by atoms with Crippen LogP contribution < -0.4 is 14.9 Å². The van der Waals surface area contributed by atoms with E-state index in [1.165, 1.54) is 29.7 Å². The standard InChI is InChI=1S/C20H19ClN4O3S/c1-25(17-7-3-2-4-8-17)29(27,28)18-9-5-6-16(12-18)22-14-20(26)24-19-11-10-15(21)13-23-19/h2-13,22H,14H2,1H3,(H,23,24,26). The van der Waals surface area contributed by atoms with Crippen molar-refractivity contribution in [2.75, 3.05) is 28.5 Å². The summed E-state index contributed by atoms with van der Waals surface area (Å²) in [6.45, 7) is -0.0532. The number of benzene rings is 2. The lowest BCUT2D eigenvalue weighted by atomic mass is 10.3. The fraction of sp³-hybridized carbons (Fsp3) is 0.100. The fourth-order valence-electron chi connectivity index (χ4n) is 2.52. The van der Waals surface area contributed by atoms with Gasteiger partial charge in [0.1, 0.15) is 5.82 Å². The first-order valence-corrected chi connectivity index (χ1v) is 10.5. The largest absolute Gasteiger partial charge is 0.376 e. The van der Waals surface area contributed by atoms with Crippen LogP contribution in [-0.4, -0.2) is 32.9 Å². The van der Waals surface area contributed by atoms with E-state index in [4.69, 9.17) is 11.6 Å². The second kappa shape index (κ2) is 8.93. The van der Waals surface area contributed by atoms with Gasteiger partial charge < -0.3 is 10.6 Å². The van der Waals surface area contributed by atoms with Gasteiger partial charge in [-0.3, -0.25) is 9.10 Å². The lowest BCUT2D eigenvalue weighted by Gasteiger charge is -2.20. The van der Waals surface area contributed by atoms with Gasteiger partial charge in [-0.05, 0) is 42.5 Å². The van der Waals surface area contributed by atoms with Gasteiger partial charge in [-0.15, -0.1) is 0 Å². The number of anilines is 3. The summed E-state index contributed by atoms with van der Waals surface area (Å²) >= 11 is 5.76. The highest BCUT2D eigenvalue weighted by Crippen LogP contribution is 2.23. The van der Waals surface area contributed by atoms with Crippen LogP contribution in [0.5, 0.6) is 0 Å². The molecule has 1 amide bonds. The molecular weight excluding hydrogens is 412 g/mol. The summed E-state index contributed by atoms with van der Waals surface area (Å²) in [6, 6.07) is 18.3. The van der Waals surface area contributed by atoms with E-state index in [0.29, 0.717) is 22.2 Å². The van der Waals surface area contributed by atoms with Crippen molar-refractivity contribution in [2.24, 2.45) is 0 Å². The summed E-state index contributed by atoms with van der Waals surface area (Å²) in [4.78, 5) is 16.2. The minimum atomic E-state index is -3.74. The highest BCUT2D eigenvalue weighted by molar-refractivity contribution is 7.92. The smallest absolute Gasteiger partial charge is 0.264 e. The number of aromatic nitrogens is 1. The topological polar surface area (TPSA) is 91.4 Å². The van der Waals surface area contributed by atoms with Crippen LogP contribution >= 0.6 is 11.6 Å². The van der Waals surface area contributed by atoms with Crippen LogP contribution in [0.15, 0.2) is 77.8 Å². The van der Waals surface area contributed by atoms with E-state index in [9.17, 15) is 13.2 Å². The first-order valence-electron chi connectivity index (χ1n) is 8.65. The van der Waals surface area contributed by atoms with Gasteiger partial charge in [0.2, 0.25) is 5.91 Å². The predicted molar refractivity (Wildman–Crippen MR) is 115 cm³/mol. The lowest BCUT2D eigenvalue weighted by molar-refractivity contribution is -0.114. The Morgan fingerprint density at radius 3 is 2.52 bits per heavy atom. The molecule has 0 spiro atoms. The van der Waals surface area contributed by atoms with E-state index in [0.717, 1.165) is 0 Å². The van der Waals surface area contributed by atoms with Crippen molar-refractivity contribution in [3.05, 3.63) is 77.9 Å². The van der Waals surface area contributed by atoms with Crippen LogP contribution in [0.25, 0.3) is 0 Å². The van der Waals surface area contributed by atoms with Gasteiger partial charge in [0.15, 0.2) is 0 Å². The normalized spacial score (nSPS) is 11.0. The molecule has 0 aliphatic rings. The van der Waals surface area contributed by atoms with Gasteiger partial charge in [0, 0.05) is 18.9 Å². The van der Waals surface area contributed by atoms with Crippen LogP contribution in [0.3, 0.4) is 0 Å². The number of nitrogens with one attached hydrogen (secondary N) is 2. The number of hydrogen-bond acceptors (Lipinski definition) is 5. The summed E-state index contributed by atoms with van der Waals surface area (Å²) in [6.07, 6.45) is 1.43. The average Bonchev–Trinajstić information content (AvgIpc) is 2.74. The molecule has 0 aliphatic carbocycles. The van der Waals surface area contributed by atoms with Gasteiger partial charge in [-0.25, -0.2) is 13.4 Å². The van der Waals surface area contributed by atoms with Gasteiger partial charge in [-0.1, -0.05) is 35.9 Å². The predicted octanol–water partition coefficient (Wildman–Crippen LogP) is 3.61. The van der Waals surface area contributed by atoms with Crippen molar-refractivity contribution in [3.63, 3.8) is 0 Å². The fourth-order valence-corrected chi connectivity index (χ4v) is 3.87. The van der Waals surface area contributed by atoms with Crippen LogP contribution in [-0.2, 0) is 14.8 Å². The molecule has 0 unspecified atom stereocenters. The zero-order chi connectivity index (χ0) is 20.9. The van der Waals surface area contributed by atoms with Crippen molar-refractivity contribution < 1.29 is 13.2 Å². The first-order chi connectivity index (χ1) is 13.9.